The highest BCUT2D eigenvalue weighted by atomic mass is 32.2. The van der Waals surface area contributed by atoms with Crippen LogP contribution in [0.1, 0.15) is 30.9 Å². The number of aliphatic imine (C=N–C) groups is 1. The van der Waals surface area contributed by atoms with Crippen molar-refractivity contribution in [3.63, 3.8) is 0 Å². The highest BCUT2D eigenvalue weighted by Crippen LogP contribution is 2.30. The lowest BCUT2D eigenvalue weighted by atomic mass is 9.98. The summed E-state index contributed by atoms with van der Waals surface area (Å²) in [6.07, 6.45) is 0.722. The molecule has 0 amide bonds. The Balaban J connectivity index is 1.96. The quantitative estimate of drug-likeness (QED) is 0.552. The van der Waals surface area contributed by atoms with E-state index >= 15 is 0 Å². The number of sulfonamides is 1. The van der Waals surface area contributed by atoms with Gasteiger partial charge < -0.3 is 10.2 Å². The van der Waals surface area contributed by atoms with E-state index in [2.05, 4.69) is 29.4 Å². The van der Waals surface area contributed by atoms with Crippen LogP contribution in [0.4, 0.5) is 13.2 Å². The first-order valence-corrected chi connectivity index (χ1v) is 11.1. The minimum atomic E-state index is -5.24. The van der Waals surface area contributed by atoms with E-state index in [0.29, 0.717) is 36.8 Å². The van der Waals surface area contributed by atoms with Crippen molar-refractivity contribution in [3.8, 4) is 0 Å². The maximum Gasteiger partial charge on any atom is 0.511 e. The number of nitrogens with zero attached hydrogens (tertiary/aromatic N) is 3. The summed E-state index contributed by atoms with van der Waals surface area (Å²) in [5, 5.41) is 3.24. The van der Waals surface area contributed by atoms with Crippen molar-refractivity contribution in [2.45, 2.75) is 38.7 Å². The van der Waals surface area contributed by atoms with Gasteiger partial charge in [0.1, 0.15) is 0 Å². The summed E-state index contributed by atoms with van der Waals surface area (Å²) in [6.45, 7) is 5.59. The summed E-state index contributed by atoms with van der Waals surface area (Å²) in [4.78, 5) is 6.65. The summed E-state index contributed by atoms with van der Waals surface area (Å²) < 4.78 is 61.6. The van der Waals surface area contributed by atoms with E-state index in [1.807, 2.05) is 31.0 Å². The van der Waals surface area contributed by atoms with Crippen LogP contribution in [0, 0.1) is 12.8 Å². The predicted molar refractivity (Wildman–Crippen MR) is 108 cm³/mol. The maximum atomic E-state index is 12.7. The molecule has 0 bridgehead atoms. The highest BCUT2D eigenvalue weighted by molar-refractivity contribution is 7.90. The zero-order valence-electron chi connectivity index (χ0n) is 17.0. The van der Waals surface area contributed by atoms with Crippen LogP contribution in [0.25, 0.3) is 0 Å². The van der Waals surface area contributed by atoms with E-state index in [4.69, 9.17) is 0 Å². The molecular weight excluding hydrogens is 405 g/mol. The Labute approximate surface area is 170 Å². The number of rotatable bonds is 6. The van der Waals surface area contributed by atoms with Crippen molar-refractivity contribution in [2.24, 2.45) is 10.9 Å². The number of hydrogen-bond donors (Lipinski definition) is 1. The van der Waals surface area contributed by atoms with E-state index in [-0.39, 0.29) is 19.0 Å². The fourth-order valence-corrected chi connectivity index (χ4v) is 4.27. The highest BCUT2D eigenvalue weighted by Gasteiger charge is 2.50. The molecule has 0 atom stereocenters. The third-order valence-corrected chi connectivity index (χ3v) is 6.70. The van der Waals surface area contributed by atoms with Crippen molar-refractivity contribution in [3.05, 3.63) is 35.4 Å². The van der Waals surface area contributed by atoms with Crippen molar-refractivity contribution < 1.29 is 21.6 Å². The molecule has 0 radical (unpaired) electrons. The lowest BCUT2D eigenvalue weighted by Gasteiger charge is -2.31. The molecule has 1 aromatic carbocycles. The summed E-state index contributed by atoms with van der Waals surface area (Å²) in [5.41, 5.74) is -2.87. The van der Waals surface area contributed by atoms with Crippen molar-refractivity contribution in [2.75, 3.05) is 33.2 Å². The molecule has 1 aromatic rings. The van der Waals surface area contributed by atoms with Gasteiger partial charge in [0, 0.05) is 39.8 Å². The number of alkyl halides is 3. The Kier molecular flexibility index (Phi) is 7.93. The van der Waals surface area contributed by atoms with Gasteiger partial charge in [-0.05, 0) is 43.7 Å². The topological polar surface area (TPSA) is 65.0 Å². The van der Waals surface area contributed by atoms with Crippen LogP contribution in [-0.4, -0.2) is 62.3 Å². The minimum Gasteiger partial charge on any atom is -0.357 e. The molecule has 29 heavy (non-hydrogen) atoms. The van der Waals surface area contributed by atoms with Gasteiger partial charge in [-0.1, -0.05) is 24.3 Å². The molecule has 0 unspecified atom stereocenters. The summed E-state index contributed by atoms with van der Waals surface area (Å²) in [5.74, 6) is 0.774. The Hall–Kier alpha value is -1.81. The molecule has 1 aliphatic heterocycles. The van der Waals surface area contributed by atoms with Gasteiger partial charge in [-0.3, -0.25) is 4.99 Å². The first kappa shape index (κ1) is 23.5. The van der Waals surface area contributed by atoms with E-state index in [1.165, 1.54) is 11.1 Å². The zero-order chi connectivity index (χ0) is 21.7. The maximum absolute atomic E-state index is 12.7. The second kappa shape index (κ2) is 9.80. The lowest BCUT2D eigenvalue weighted by molar-refractivity contribution is -0.0496. The Bertz CT molecular complexity index is 804. The molecule has 0 saturated carbocycles. The molecule has 1 saturated heterocycles. The second-order valence-corrected chi connectivity index (χ2v) is 9.20. The zero-order valence-corrected chi connectivity index (χ0v) is 17.9. The predicted octanol–water partition coefficient (Wildman–Crippen LogP) is 2.95. The fraction of sp³-hybridized carbons (Fsp3) is 0.632. The van der Waals surface area contributed by atoms with Crippen molar-refractivity contribution >= 4 is 16.0 Å². The number of benzene rings is 1. The number of nitrogens with one attached hydrogen (secondary N) is 1. The Morgan fingerprint density at radius 1 is 1.28 bits per heavy atom. The molecule has 0 spiro atoms. The van der Waals surface area contributed by atoms with Crippen LogP contribution < -0.4 is 5.32 Å². The van der Waals surface area contributed by atoms with Gasteiger partial charge in [-0.25, -0.2) is 8.42 Å². The summed E-state index contributed by atoms with van der Waals surface area (Å²) in [7, 11) is -3.30. The van der Waals surface area contributed by atoms with E-state index in [0.717, 1.165) is 5.96 Å². The average Bonchev–Trinajstić information content (AvgIpc) is 2.66. The molecule has 1 heterocycles. The molecule has 1 fully saturated rings. The van der Waals surface area contributed by atoms with Crippen LogP contribution in [0.3, 0.4) is 0 Å². The second-order valence-electron chi connectivity index (χ2n) is 7.27. The average molecular weight is 435 g/mol. The van der Waals surface area contributed by atoms with E-state index < -0.39 is 15.5 Å². The van der Waals surface area contributed by atoms with Crippen LogP contribution in [0.15, 0.2) is 29.3 Å². The van der Waals surface area contributed by atoms with E-state index in [9.17, 15) is 21.6 Å². The van der Waals surface area contributed by atoms with Crippen LogP contribution in [-0.2, 0) is 16.6 Å². The number of piperidine rings is 1. The van der Waals surface area contributed by atoms with Gasteiger partial charge in [0.2, 0.25) is 0 Å². The first-order valence-electron chi connectivity index (χ1n) is 9.66. The molecule has 0 aromatic heterocycles. The normalized spacial score (nSPS) is 17.4. The molecule has 0 aliphatic carbocycles. The van der Waals surface area contributed by atoms with Crippen molar-refractivity contribution in [1.29, 1.82) is 0 Å². The van der Waals surface area contributed by atoms with Gasteiger partial charge in [0.05, 0.1) is 0 Å². The number of hydrogen-bond acceptors (Lipinski definition) is 3. The molecule has 1 N–H and O–H groups in total. The minimum absolute atomic E-state index is 0.0511. The standard InChI is InChI=1S/C19H29F3N4O2S/c1-4-23-18(25(3)14-17-8-6-5-7-15(17)2)24-13-16-9-11-26(12-10-16)29(27,28)19(20,21)22/h5-8,16H,4,9-14H2,1-3H3,(H,23,24). The molecule has 6 nitrogen and oxygen atoms in total. The van der Waals surface area contributed by atoms with Gasteiger partial charge >= 0.3 is 15.5 Å². The molecular formula is C19H29F3N4O2S. The summed E-state index contributed by atoms with van der Waals surface area (Å²) >= 11 is 0. The lowest BCUT2D eigenvalue weighted by Crippen LogP contribution is -2.45. The number of halogens is 3. The van der Waals surface area contributed by atoms with Gasteiger partial charge in [0.15, 0.2) is 5.96 Å². The molecule has 1 aliphatic rings. The molecule has 10 heteroatoms. The first-order chi connectivity index (χ1) is 13.6. The van der Waals surface area contributed by atoms with Gasteiger partial charge in [-0.15, -0.1) is 0 Å². The van der Waals surface area contributed by atoms with Crippen LogP contribution in [0.5, 0.6) is 0 Å². The van der Waals surface area contributed by atoms with Gasteiger partial charge in [0.25, 0.3) is 0 Å². The number of aryl methyl sites for hydroxylation is 1. The largest absolute Gasteiger partial charge is 0.511 e. The Morgan fingerprint density at radius 2 is 1.90 bits per heavy atom. The van der Waals surface area contributed by atoms with Gasteiger partial charge in [-0.2, -0.15) is 17.5 Å². The van der Waals surface area contributed by atoms with Crippen LogP contribution in [0.2, 0.25) is 0 Å². The third kappa shape index (κ3) is 6.08. The van der Waals surface area contributed by atoms with E-state index in [1.54, 1.807) is 0 Å². The fourth-order valence-electron chi connectivity index (χ4n) is 3.28. The number of guanidine groups is 1. The van der Waals surface area contributed by atoms with Crippen LogP contribution >= 0.6 is 0 Å². The monoisotopic (exact) mass is 434 g/mol. The third-order valence-electron chi connectivity index (χ3n) is 5.07. The molecule has 164 valence electrons. The molecule has 2 rings (SSSR count). The Morgan fingerprint density at radius 3 is 2.45 bits per heavy atom. The summed E-state index contributed by atoms with van der Waals surface area (Å²) in [6, 6.07) is 8.09. The van der Waals surface area contributed by atoms with Crippen molar-refractivity contribution in [1.82, 2.24) is 14.5 Å². The smallest absolute Gasteiger partial charge is 0.357 e. The SMILES string of the molecule is CCNC(=NCC1CCN(S(=O)(=O)C(F)(F)F)CC1)N(C)Cc1ccccc1C.